The number of rotatable bonds is 5. The van der Waals surface area contributed by atoms with Crippen molar-refractivity contribution in [2.45, 2.75) is 26.2 Å². The number of hydrogen-bond acceptors (Lipinski definition) is 3. The van der Waals surface area contributed by atoms with E-state index in [0.29, 0.717) is 0 Å². The third kappa shape index (κ3) is 4.72. The second-order valence-electron chi connectivity index (χ2n) is 14.4. The Morgan fingerprint density at radius 2 is 1.29 bits per heavy atom. The van der Waals surface area contributed by atoms with Crippen LogP contribution in [-0.2, 0) is 5.41 Å². The molecule has 0 fully saturated rings. The Kier molecular flexibility index (Phi) is 6.64. The van der Waals surface area contributed by atoms with Gasteiger partial charge in [-0.2, -0.15) is 0 Å². The maximum absolute atomic E-state index is 6.69. The Labute approximate surface area is 300 Å². The molecular formula is C46H35N5O. The van der Waals surface area contributed by atoms with Gasteiger partial charge in [-0.25, -0.2) is 9.97 Å². The molecule has 0 aliphatic carbocycles. The second kappa shape index (κ2) is 11.4. The van der Waals surface area contributed by atoms with Crippen LogP contribution in [0.4, 0.5) is 0 Å². The van der Waals surface area contributed by atoms with Crippen molar-refractivity contribution in [3.05, 3.63) is 163 Å². The van der Waals surface area contributed by atoms with E-state index in [-0.39, 0.29) is 5.41 Å². The number of nitrogens with zero attached hydrogens (tertiary/aromatic N) is 5. The maximum Gasteiger partial charge on any atom is 0.220 e. The lowest BCUT2D eigenvalue weighted by atomic mass is 9.88. The predicted molar refractivity (Wildman–Crippen MR) is 212 cm³/mol. The highest BCUT2D eigenvalue weighted by atomic mass is 16.5. The molecule has 0 aliphatic rings. The number of para-hydroxylation sites is 4. The van der Waals surface area contributed by atoms with Gasteiger partial charge in [0.2, 0.25) is 5.78 Å². The normalized spacial score (nSPS) is 12.1. The van der Waals surface area contributed by atoms with Crippen molar-refractivity contribution < 1.29 is 4.74 Å². The Balaban J connectivity index is 1.12. The summed E-state index contributed by atoms with van der Waals surface area (Å²) in [6.45, 7) is 6.70. The average Bonchev–Trinajstić information content (AvgIpc) is 3.81. The van der Waals surface area contributed by atoms with Crippen LogP contribution in [0.3, 0.4) is 0 Å². The van der Waals surface area contributed by atoms with Crippen molar-refractivity contribution in [1.82, 2.24) is 23.5 Å². The van der Waals surface area contributed by atoms with E-state index < -0.39 is 0 Å². The van der Waals surface area contributed by atoms with E-state index in [1.54, 1.807) is 0 Å². The molecule has 0 saturated heterocycles. The maximum atomic E-state index is 6.69. The van der Waals surface area contributed by atoms with E-state index in [1.807, 2.05) is 24.4 Å². The Hall–Kier alpha value is -6.66. The molecule has 0 amide bonds. The molecule has 250 valence electrons. The van der Waals surface area contributed by atoms with Crippen molar-refractivity contribution in [3.8, 4) is 34.1 Å². The van der Waals surface area contributed by atoms with Gasteiger partial charge in [-0.05, 0) is 77.2 Å². The van der Waals surface area contributed by atoms with Gasteiger partial charge < -0.3 is 4.74 Å². The fourth-order valence-corrected chi connectivity index (χ4v) is 7.63. The Morgan fingerprint density at radius 1 is 0.558 bits per heavy atom. The van der Waals surface area contributed by atoms with Crippen LogP contribution in [0.5, 0.6) is 11.5 Å². The van der Waals surface area contributed by atoms with Crippen LogP contribution in [0, 0.1) is 0 Å². The van der Waals surface area contributed by atoms with E-state index in [4.69, 9.17) is 14.7 Å². The van der Waals surface area contributed by atoms with E-state index in [0.717, 1.165) is 78.4 Å². The molecule has 10 rings (SSSR count). The fraction of sp³-hybridized carbons (Fsp3) is 0.0870. The van der Waals surface area contributed by atoms with Crippen molar-refractivity contribution in [3.63, 3.8) is 0 Å². The zero-order valence-corrected chi connectivity index (χ0v) is 29.2. The van der Waals surface area contributed by atoms with Gasteiger partial charge in [0.15, 0.2) is 0 Å². The number of pyridine rings is 1. The highest BCUT2D eigenvalue weighted by Gasteiger charge is 2.21. The zero-order chi connectivity index (χ0) is 35.0. The largest absolute Gasteiger partial charge is 0.457 e. The number of imidazole rings is 2. The van der Waals surface area contributed by atoms with Crippen LogP contribution in [0.2, 0.25) is 0 Å². The fourth-order valence-electron chi connectivity index (χ4n) is 7.63. The van der Waals surface area contributed by atoms with Crippen molar-refractivity contribution in [2.75, 3.05) is 0 Å². The number of benzene rings is 6. The lowest BCUT2D eigenvalue weighted by Crippen LogP contribution is -2.12. The average molecular weight is 674 g/mol. The number of aromatic nitrogens is 5. The first-order valence-electron chi connectivity index (χ1n) is 17.7. The smallest absolute Gasteiger partial charge is 0.220 e. The minimum absolute atomic E-state index is 0.00140. The van der Waals surface area contributed by atoms with Crippen molar-refractivity contribution in [2.24, 2.45) is 0 Å². The minimum atomic E-state index is -0.00140. The first kappa shape index (κ1) is 30.2. The van der Waals surface area contributed by atoms with Gasteiger partial charge in [-0.1, -0.05) is 99.6 Å². The molecule has 6 heteroatoms. The summed E-state index contributed by atoms with van der Waals surface area (Å²) in [5, 5.41) is 2.33. The van der Waals surface area contributed by atoms with Gasteiger partial charge in [0.25, 0.3) is 0 Å². The summed E-state index contributed by atoms with van der Waals surface area (Å²) in [4.78, 5) is 10.0. The van der Waals surface area contributed by atoms with Crippen LogP contribution >= 0.6 is 0 Å². The van der Waals surface area contributed by atoms with Crippen LogP contribution in [0.15, 0.2) is 158 Å². The van der Waals surface area contributed by atoms with Crippen LogP contribution in [0.1, 0.15) is 26.3 Å². The molecule has 6 aromatic carbocycles. The van der Waals surface area contributed by atoms with Gasteiger partial charge in [0, 0.05) is 34.7 Å². The highest BCUT2D eigenvalue weighted by Crippen LogP contribution is 2.38. The van der Waals surface area contributed by atoms with E-state index in [2.05, 4.69) is 168 Å². The zero-order valence-electron chi connectivity index (χ0n) is 29.2. The summed E-state index contributed by atoms with van der Waals surface area (Å²) in [7, 11) is 0. The summed E-state index contributed by atoms with van der Waals surface area (Å²) in [5.41, 5.74) is 10.9. The second-order valence-corrected chi connectivity index (χ2v) is 14.4. The Morgan fingerprint density at radius 3 is 2.15 bits per heavy atom. The van der Waals surface area contributed by atoms with Gasteiger partial charge in [0.1, 0.15) is 17.3 Å². The lowest BCUT2D eigenvalue weighted by molar-refractivity contribution is 0.483. The molecule has 4 aromatic heterocycles. The van der Waals surface area contributed by atoms with Gasteiger partial charge in [-0.15, -0.1) is 0 Å². The minimum Gasteiger partial charge on any atom is -0.457 e. The molecule has 4 heterocycles. The van der Waals surface area contributed by atoms with E-state index in [1.165, 1.54) is 10.9 Å². The van der Waals surface area contributed by atoms with E-state index >= 15 is 0 Å². The summed E-state index contributed by atoms with van der Waals surface area (Å²) in [6, 6.07) is 52.9. The molecule has 0 bridgehead atoms. The summed E-state index contributed by atoms with van der Waals surface area (Å²) >= 11 is 0. The molecule has 0 unspecified atom stereocenters. The summed E-state index contributed by atoms with van der Waals surface area (Å²) < 4.78 is 13.5. The molecule has 0 radical (unpaired) electrons. The molecule has 0 aliphatic heterocycles. The SMILES string of the molecule is CC(C)(C)c1ccnc(-n2c3ccccc3c3ccc(Oc4cccc(-n5c6cccc(-c7ccccc7)c6n6c7ccccc7nc56)c4)cc32)c1. The topological polar surface area (TPSA) is 49.3 Å². The first-order valence-corrected chi connectivity index (χ1v) is 17.7. The number of ether oxygens (including phenoxy) is 1. The number of fused-ring (bicyclic) bond motifs is 8. The molecule has 10 aromatic rings. The number of hydrogen-bond donors (Lipinski definition) is 0. The van der Waals surface area contributed by atoms with Crippen LogP contribution in [-0.4, -0.2) is 23.5 Å². The molecule has 0 saturated carbocycles. The Bertz CT molecular complexity index is 2980. The van der Waals surface area contributed by atoms with E-state index in [9.17, 15) is 0 Å². The van der Waals surface area contributed by atoms with Crippen molar-refractivity contribution in [1.29, 1.82) is 0 Å². The van der Waals surface area contributed by atoms with Gasteiger partial charge >= 0.3 is 0 Å². The monoisotopic (exact) mass is 673 g/mol. The standard InChI is InChI=1S/C46H35N5O/c1-46(2,3)31-25-26-47-43(27-31)50-39-20-9-7-17-36(39)37-24-23-34(29-42(37)50)52-33-16-11-15-32(28-33)49-41-22-12-18-35(30-13-5-4-6-14-30)44(41)51-40-21-10-8-19-38(40)48-45(49)51/h4-29H,1-3H3. The molecule has 52 heavy (non-hydrogen) atoms. The highest BCUT2D eigenvalue weighted by molar-refractivity contribution is 6.09. The quantitative estimate of drug-likeness (QED) is 0.183. The predicted octanol–water partition coefficient (Wildman–Crippen LogP) is 11.7. The van der Waals surface area contributed by atoms with Crippen LogP contribution < -0.4 is 4.74 Å². The van der Waals surface area contributed by atoms with Crippen LogP contribution in [0.25, 0.3) is 72.3 Å². The lowest BCUT2D eigenvalue weighted by Gasteiger charge is -2.20. The van der Waals surface area contributed by atoms with Crippen molar-refractivity contribution >= 4 is 49.7 Å². The van der Waals surface area contributed by atoms with Gasteiger partial charge in [0.05, 0.1) is 38.8 Å². The molecule has 0 N–H and O–H groups in total. The van der Waals surface area contributed by atoms with Gasteiger partial charge in [-0.3, -0.25) is 13.5 Å². The molecular weight excluding hydrogens is 639 g/mol. The third-order valence-electron chi connectivity index (χ3n) is 10.1. The summed E-state index contributed by atoms with van der Waals surface area (Å²) in [6.07, 6.45) is 1.91. The molecule has 6 nitrogen and oxygen atoms in total. The first-order chi connectivity index (χ1) is 25.4. The summed E-state index contributed by atoms with van der Waals surface area (Å²) in [5.74, 6) is 3.24. The molecule has 0 spiro atoms. The third-order valence-corrected chi connectivity index (χ3v) is 10.1. The molecule has 0 atom stereocenters.